The molecule has 0 radical (unpaired) electrons. The smallest absolute Gasteiger partial charge is 0.335 e. The van der Waals surface area contributed by atoms with Crippen molar-refractivity contribution in [3.05, 3.63) is 76.8 Å². The van der Waals surface area contributed by atoms with Crippen LogP contribution in [0.5, 0.6) is 0 Å². The van der Waals surface area contributed by atoms with Gasteiger partial charge < -0.3 is 9.67 Å². The van der Waals surface area contributed by atoms with Crippen molar-refractivity contribution in [1.29, 1.82) is 0 Å². The van der Waals surface area contributed by atoms with E-state index in [1.165, 1.54) is 26.2 Å². The summed E-state index contributed by atoms with van der Waals surface area (Å²) in [4.78, 5) is 11.7. The van der Waals surface area contributed by atoms with Gasteiger partial charge in [0.25, 0.3) is 0 Å². The van der Waals surface area contributed by atoms with Crippen molar-refractivity contribution in [2.24, 2.45) is 0 Å². The fraction of sp³-hybridized carbons (Fsp3) is 0.292. The Balaban J connectivity index is 2.09. The number of carboxylic acid groups (broad SMARTS) is 1. The summed E-state index contributed by atoms with van der Waals surface area (Å²) >= 11 is 0. The molecule has 1 N–H and O–H groups in total. The number of carboxylic acids is 1. The third-order valence-corrected chi connectivity index (χ3v) is 7.35. The maximum absolute atomic E-state index is 14.3. The molecule has 0 aliphatic heterocycles. The average Bonchev–Trinajstić information content (AvgIpc) is 2.99. The number of aromatic nitrogens is 1. The highest BCUT2D eigenvalue weighted by molar-refractivity contribution is 7.89. The Hall–Kier alpha value is -2.97. The Morgan fingerprint density at radius 1 is 1.16 bits per heavy atom. The van der Waals surface area contributed by atoms with Crippen LogP contribution in [0.2, 0.25) is 0 Å². The Morgan fingerprint density at radius 3 is 2.38 bits per heavy atom. The average molecular weight is 459 g/mol. The maximum atomic E-state index is 14.3. The molecule has 0 atom stereocenters. The van der Waals surface area contributed by atoms with Crippen LogP contribution in [0, 0.1) is 6.92 Å². The lowest BCUT2D eigenvalue weighted by molar-refractivity contribution is 0.0697. The third kappa shape index (κ3) is 4.61. The van der Waals surface area contributed by atoms with Crippen LogP contribution in [-0.2, 0) is 23.0 Å². The number of benzene rings is 2. The zero-order valence-corrected chi connectivity index (χ0v) is 19.4. The number of halogens is 1. The summed E-state index contributed by atoms with van der Waals surface area (Å²) in [5.41, 5.74) is 3.51. The SMILES string of the molecule is CC/C=C(\F)Cn1c(C)c(Cc2ccc(S(=O)(=O)N(C)C)cc2)c2cc(C(=O)O)ccc21. The van der Waals surface area contributed by atoms with Crippen LogP contribution >= 0.6 is 0 Å². The molecule has 0 unspecified atom stereocenters. The van der Waals surface area contributed by atoms with Gasteiger partial charge in [0.2, 0.25) is 10.0 Å². The van der Waals surface area contributed by atoms with Gasteiger partial charge >= 0.3 is 5.97 Å². The van der Waals surface area contributed by atoms with Gasteiger partial charge in [0.05, 0.1) is 17.0 Å². The van der Waals surface area contributed by atoms with E-state index in [0.717, 1.165) is 32.0 Å². The van der Waals surface area contributed by atoms with Gasteiger partial charge in [-0.2, -0.15) is 0 Å². The van der Waals surface area contributed by atoms with Crippen LogP contribution < -0.4 is 0 Å². The Labute approximate surface area is 187 Å². The molecule has 1 aromatic heterocycles. The van der Waals surface area contributed by atoms with Crippen molar-refractivity contribution in [3.63, 3.8) is 0 Å². The summed E-state index contributed by atoms with van der Waals surface area (Å²) in [7, 11) is -0.564. The van der Waals surface area contributed by atoms with Crippen LogP contribution in [-0.4, -0.2) is 42.5 Å². The first-order valence-electron chi connectivity index (χ1n) is 10.3. The molecule has 3 rings (SSSR count). The van der Waals surface area contributed by atoms with Gasteiger partial charge in [0.15, 0.2) is 0 Å². The number of fused-ring (bicyclic) bond motifs is 1. The predicted octanol–water partition coefficient (Wildman–Crippen LogP) is 4.75. The maximum Gasteiger partial charge on any atom is 0.335 e. The predicted molar refractivity (Wildman–Crippen MR) is 123 cm³/mol. The number of nitrogens with zero attached hydrogens (tertiary/aromatic N) is 2. The van der Waals surface area contributed by atoms with E-state index in [1.54, 1.807) is 36.4 Å². The summed E-state index contributed by atoms with van der Waals surface area (Å²) in [5, 5.41) is 10.2. The van der Waals surface area contributed by atoms with Crippen molar-refractivity contribution < 1.29 is 22.7 Å². The molecule has 170 valence electrons. The molecular weight excluding hydrogens is 431 g/mol. The van der Waals surface area contributed by atoms with Crippen molar-refractivity contribution in [2.45, 2.75) is 38.1 Å². The Kier molecular flexibility index (Phi) is 6.85. The van der Waals surface area contributed by atoms with Crippen LogP contribution in [0.3, 0.4) is 0 Å². The largest absolute Gasteiger partial charge is 0.478 e. The van der Waals surface area contributed by atoms with Crippen LogP contribution in [0.15, 0.2) is 59.3 Å². The summed E-state index contributed by atoms with van der Waals surface area (Å²) in [6.45, 7) is 3.83. The lowest BCUT2D eigenvalue weighted by Gasteiger charge is -2.12. The first kappa shape index (κ1) is 23.7. The molecule has 0 spiro atoms. The molecule has 0 saturated heterocycles. The summed E-state index contributed by atoms with van der Waals surface area (Å²) in [5.74, 6) is -1.28. The monoisotopic (exact) mass is 458 g/mol. The zero-order chi connectivity index (χ0) is 23.6. The quantitative estimate of drug-likeness (QED) is 0.528. The lowest BCUT2D eigenvalue weighted by Crippen LogP contribution is -2.22. The molecule has 0 aliphatic rings. The minimum Gasteiger partial charge on any atom is -0.478 e. The topological polar surface area (TPSA) is 79.6 Å². The van der Waals surface area contributed by atoms with E-state index >= 15 is 0 Å². The summed E-state index contributed by atoms with van der Waals surface area (Å²) in [6.07, 6.45) is 2.57. The Bertz CT molecular complexity index is 1290. The second-order valence-corrected chi connectivity index (χ2v) is 10.0. The van der Waals surface area contributed by atoms with Gasteiger partial charge in [0, 0.05) is 30.7 Å². The molecular formula is C24H27FN2O4S. The molecule has 0 fully saturated rings. The highest BCUT2D eigenvalue weighted by Gasteiger charge is 2.19. The molecule has 32 heavy (non-hydrogen) atoms. The number of sulfonamides is 1. The fourth-order valence-corrected chi connectivity index (χ4v) is 4.64. The van der Waals surface area contributed by atoms with Gasteiger partial charge in [-0.25, -0.2) is 21.9 Å². The van der Waals surface area contributed by atoms with Crippen molar-refractivity contribution in [2.75, 3.05) is 14.1 Å². The normalized spacial score (nSPS) is 12.6. The molecule has 6 nitrogen and oxygen atoms in total. The van der Waals surface area contributed by atoms with Crippen LogP contribution in [0.4, 0.5) is 4.39 Å². The van der Waals surface area contributed by atoms with E-state index in [0.29, 0.717) is 12.8 Å². The first-order valence-corrected chi connectivity index (χ1v) is 11.7. The zero-order valence-electron chi connectivity index (χ0n) is 18.6. The third-order valence-electron chi connectivity index (χ3n) is 5.52. The number of hydrogen-bond donors (Lipinski definition) is 1. The number of carbonyl (C=O) groups is 1. The van der Waals surface area contributed by atoms with Gasteiger partial charge in [0.1, 0.15) is 5.83 Å². The molecule has 0 saturated carbocycles. The second kappa shape index (κ2) is 9.26. The van der Waals surface area contributed by atoms with E-state index in [9.17, 15) is 22.7 Å². The van der Waals surface area contributed by atoms with Gasteiger partial charge in [-0.1, -0.05) is 25.1 Å². The number of rotatable bonds is 8. The van der Waals surface area contributed by atoms with Crippen LogP contribution in [0.25, 0.3) is 10.9 Å². The molecule has 8 heteroatoms. The minimum atomic E-state index is -3.52. The molecule has 0 aliphatic carbocycles. The highest BCUT2D eigenvalue weighted by atomic mass is 32.2. The van der Waals surface area contributed by atoms with E-state index in [-0.39, 0.29) is 22.8 Å². The number of aromatic carboxylic acids is 1. The number of hydrogen-bond acceptors (Lipinski definition) is 3. The van der Waals surface area contributed by atoms with Crippen molar-refractivity contribution >= 4 is 26.9 Å². The molecule has 1 heterocycles. The van der Waals surface area contributed by atoms with E-state index in [2.05, 4.69) is 0 Å². The summed E-state index contributed by atoms with van der Waals surface area (Å²) < 4.78 is 42.0. The molecule has 0 amide bonds. The van der Waals surface area contributed by atoms with Gasteiger partial charge in [-0.05, 0) is 61.2 Å². The molecule has 2 aromatic carbocycles. The minimum absolute atomic E-state index is 0.0720. The van der Waals surface area contributed by atoms with Crippen LogP contribution in [0.1, 0.15) is 40.5 Å². The van der Waals surface area contributed by atoms with E-state index in [1.807, 2.05) is 18.4 Å². The Morgan fingerprint density at radius 2 is 1.81 bits per heavy atom. The standard InChI is InChI=1S/C24H27FN2O4S/c1-5-6-19(25)15-27-16(2)21(22-14-18(24(28)29)9-12-23(22)27)13-17-7-10-20(11-8-17)32(30,31)26(3)4/h6-12,14H,5,13,15H2,1-4H3,(H,28,29)/b19-6-. The van der Waals surface area contributed by atoms with Gasteiger partial charge in [-0.15, -0.1) is 0 Å². The van der Waals surface area contributed by atoms with Gasteiger partial charge in [-0.3, -0.25) is 0 Å². The van der Waals surface area contributed by atoms with E-state index < -0.39 is 16.0 Å². The van der Waals surface area contributed by atoms with Crippen molar-refractivity contribution in [3.8, 4) is 0 Å². The molecule has 3 aromatic rings. The summed E-state index contributed by atoms with van der Waals surface area (Å²) in [6, 6.07) is 11.5. The molecule has 0 bridgehead atoms. The van der Waals surface area contributed by atoms with Crippen molar-refractivity contribution in [1.82, 2.24) is 8.87 Å². The number of allylic oxidation sites excluding steroid dienone is 2. The second-order valence-electron chi connectivity index (χ2n) is 7.85. The highest BCUT2D eigenvalue weighted by Crippen LogP contribution is 2.30. The first-order chi connectivity index (χ1) is 15.1. The van der Waals surface area contributed by atoms with E-state index in [4.69, 9.17) is 0 Å². The fourth-order valence-electron chi connectivity index (χ4n) is 3.74. The lowest BCUT2D eigenvalue weighted by atomic mass is 10.0.